The molecule has 1 fully saturated rings. The summed E-state index contributed by atoms with van der Waals surface area (Å²) < 4.78 is 5.59. The SMILES string of the molecule is ClC(c1ccc2c(c1)CCCO2)C1CC1. The molecule has 0 aromatic heterocycles. The third-order valence-electron chi connectivity index (χ3n) is 3.29. The van der Waals surface area contributed by atoms with Crippen LogP contribution < -0.4 is 4.74 Å². The summed E-state index contributed by atoms with van der Waals surface area (Å²) in [6.45, 7) is 0.860. The van der Waals surface area contributed by atoms with Crippen molar-refractivity contribution in [3.05, 3.63) is 29.3 Å². The van der Waals surface area contributed by atoms with Gasteiger partial charge in [0, 0.05) is 0 Å². The Kier molecular flexibility index (Phi) is 2.36. The van der Waals surface area contributed by atoms with Crippen molar-refractivity contribution in [1.29, 1.82) is 0 Å². The molecule has 1 aliphatic heterocycles. The first-order chi connectivity index (χ1) is 7.34. The number of ether oxygens (including phenoxy) is 1. The molecule has 1 aliphatic carbocycles. The molecule has 0 bridgehead atoms. The molecule has 3 rings (SSSR count). The number of alkyl halides is 1. The maximum absolute atomic E-state index is 6.41. The van der Waals surface area contributed by atoms with Crippen LogP contribution in [0.25, 0.3) is 0 Å². The second-order valence-electron chi connectivity index (χ2n) is 4.56. The van der Waals surface area contributed by atoms with Crippen molar-refractivity contribution in [2.45, 2.75) is 31.1 Å². The van der Waals surface area contributed by atoms with Gasteiger partial charge in [-0.3, -0.25) is 0 Å². The smallest absolute Gasteiger partial charge is 0.122 e. The molecule has 1 nitrogen and oxygen atoms in total. The molecule has 1 saturated carbocycles. The van der Waals surface area contributed by atoms with Crippen molar-refractivity contribution in [1.82, 2.24) is 0 Å². The minimum atomic E-state index is 0.220. The average molecular weight is 223 g/mol. The van der Waals surface area contributed by atoms with Crippen LogP contribution in [0.1, 0.15) is 35.8 Å². The lowest BCUT2D eigenvalue weighted by Gasteiger charge is -2.19. The summed E-state index contributed by atoms with van der Waals surface area (Å²) in [4.78, 5) is 0. The normalized spacial score (nSPS) is 21.7. The number of halogens is 1. The van der Waals surface area contributed by atoms with E-state index in [0.29, 0.717) is 5.92 Å². The average Bonchev–Trinajstić information content (AvgIpc) is 3.11. The van der Waals surface area contributed by atoms with Crippen molar-refractivity contribution >= 4 is 11.6 Å². The monoisotopic (exact) mass is 222 g/mol. The van der Waals surface area contributed by atoms with Crippen LogP contribution in [-0.4, -0.2) is 6.61 Å². The lowest BCUT2D eigenvalue weighted by molar-refractivity contribution is 0.288. The van der Waals surface area contributed by atoms with Crippen molar-refractivity contribution < 1.29 is 4.74 Å². The van der Waals surface area contributed by atoms with Gasteiger partial charge in [0.2, 0.25) is 0 Å². The Bertz CT molecular complexity index is 371. The van der Waals surface area contributed by atoms with E-state index in [1.54, 1.807) is 0 Å². The highest BCUT2D eigenvalue weighted by Gasteiger charge is 2.31. The molecular formula is C13H15ClO. The molecule has 2 aliphatic rings. The second-order valence-corrected chi connectivity index (χ2v) is 5.03. The summed E-state index contributed by atoms with van der Waals surface area (Å²) >= 11 is 6.41. The van der Waals surface area contributed by atoms with Crippen molar-refractivity contribution in [3.63, 3.8) is 0 Å². The third-order valence-corrected chi connectivity index (χ3v) is 3.90. The van der Waals surface area contributed by atoms with Gasteiger partial charge in [-0.15, -0.1) is 11.6 Å². The fourth-order valence-corrected chi connectivity index (χ4v) is 2.60. The van der Waals surface area contributed by atoms with E-state index in [-0.39, 0.29) is 5.38 Å². The zero-order valence-corrected chi connectivity index (χ0v) is 9.46. The van der Waals surface area contributed by atoms with Gasteiger partial charge in [0.1, 0.15) is 5.75 Å². The highest BCUT2D eigenvalue weighted by molar-refractivity contribution is 6.21. The molecule has 0 N–H and O–H groups in total. The quantitative estimate of drug-likeness (QED) is 0.694. The van der Waals surface area contributed by atoms with E-state index < -0.39 is 0 Å². The molecule has 1 atom stereocenters. The van der Waals surface area contributed by atoms with Gasteiger partial charge < -0.3 is 4.74 Å². The number of rotatable bonds is 2. The summed E-state index contributed by atoms with van der Waals surface area (Å²) in [5.74, 6) is 1.78. The molecule has 1 unspecified atom stereocenters. The number of benzene rings is 1. The fraction of sp³-hybridized carbons (Fsp3) is 0.538. The van der Waals surface area contributed by atoms with Gasteiger partial charge in [-0.25, -0.2) is 0 Å². The predicted molar refractivity (Wildman–Crippen MR) is 61.6 cm³/mol. The van der Waals surface area contributed by atoms with Gasteiger partial charge in [-0.05, 0) is 48.8 Å². The molecular weight excluding hydrogens is 208 g/mol. The molecule has 1 heterocycles. The topological polar surface area (TPSA) is 9.23 Å². The summed E-state index contributed by atoms with van der Waals surface area (Å²) in [6.07, 6.45) is 4.85. The molecule has 0 spiro atoms. The van der Waals surface area contributed by atoms with E-state index in [1.165, 1.54) is 24.0 Å². The fourth-order valence-electron chi connectivity index (χ4n) is 2.21. The lowest BCUT2D eigenvalue weighted by Crippen LogP contribution is -2.08. The van der Waals surface area contributed by atoms with Crippen LogP contribution in [0.3, 0.4) is 0 Å². The minimum Gasteiger partial charge on any atom is -0.493 e. The first-order valence-electron chi connectivity index (χ1n) is 5.74. The van der Waals surface area contributed by atoms with Crippen LogP contribution in [0.2, 0.25) is 0 Å². The van der Waals surface area contributed by atoms with Gasteiger partial charge in [0.15, 0.2) is 0 Å². The predicted octanol–water partition coefficient (Wildman–Crippen LogP) is 3.70. The lowest BCUT2D eigenvalue weighted by atomic mass is 10.0. The van der Waals surface area contributed by atoms with Gasteiger partial charge in [0.05, 0.1) is 12.0 Å². The van der Waals surface area contributed by atoms with Crippen LogP contribution in [-0.2, 0) is 6.42 Å². The van der Waals surface area contributed by atoms with Crippen LogP contribution >= 0.6 is 11.6 Å². The summed E-state index contributed by atoms with van der Waals surface area (Å²) in [5.41, 5.74) is 2.62. The second kappa shape index (κ2) is 3.71. The van der Waals surface area contributed by atoms with Crippen LogP contribution in [0.4, 0.5) is 0 Å². The molecule has 0 amide bonds. The van der Waals surface area contributed by atoms with Gasteiger partial charge in [-0.1, -0.05) is 12.1 Å². The van der Waals surface area contributed by atoms with Gasteiger partial charge in [-0.2, -0.15) is 0 Å². The summed E-state index contributed by atoms with van der Waals surface area (Å²) in [5, 5.41) is 0.220. The van der Waals surface area contributed by atoms with E-state index in [9.17, 15) is 0 Å². The number of aryl methyl sites for hydroxylation is 1. The van der Waals surface area contributed by atoms with E-state index >= 15 is 0 Å². The first-order valence-corrected chi connectivity index (χ1v) is 6.18. The highest BCUT2D eigenvalue weighted by Crippen LogP contribution is 2.45. The van der Waals surface area contributed by atoms with Crippen molar-refractivity contribution in [3.8, 4) is 5.75 Å². The van der Waals surface area contributed by atoms with E-state index in [0.717, 1.165) is 25.2 Å². The molecule has 1 aromatic carbocycles. The molecule has 0 radical (unpaired) electrons. The Hall–Kier alpha value is -0.690. The van der Waals surface area contributed by atoms with Gasteiger partial charge >= 0.3 is 0 Å². The van der Waals surface area contributed by atoms with Crippen LogP contribution in [0, 0.1) is 5.92 Å². The minimum absolute atomic E-state index is 0.220. The summed E-state index contributed by atoms with van der Waals surface area (Å²) in [6, 6.07) is 6.45. The Balaban J connectivity index is 1.89. The van der Waals surface area contributed by atoms with Gasteiger partial charge in [0.25, 0.3) is 0 Å². The Morgan fingerprint density at radius 2 is 2.20 bits per heavy atom. The van der Waals surface area contributed by atoms with Crippen LogP contribution in [0.15, 0.2) is 18.2 Å². The van der Waals surface area contributed by atoms with Crippen LogP contribution in [0.5, 0.6) is 5.75 Å². The first kappa shape index (κ1) is 9.53. The third kappa shape index (κ3) is 1.85. The van der Waals surface area contributed by atoms with Crippen molar-refractivity contribution in [2.24, 2.45) is 5.92 Å². The Morgan fingerprint density at radius 3 is 3.00 bits per heavy atom. The zero-order chi connectivity index (χ0) is 10.3. The standard InChI is InChI=1S/C13H15ClO/c14-13(9-3-4-9)11-5-6-12-10(8-11)2-1-7-15-12/h5-6,8-9,13H,1-4,7H2. The molecule has 0 saturated heterocycles. The molecule has 2 heteroatoms. The molecule has 1 aromatic rings. The zero-order valence-electron chi connectivity index (χ0n) is 8.71. The van der Waals surface area contributed by atoms with E-state index in [4.69, 9.17) is 16.3 Å². The van der Waals surface area contributed by atoms with E-state index in [2.05, 4.69) is 18.2 Å². The largest absolute Gasteiger partial charge is 0.493 e. The van der Waals surface area contributed by atoms with Crippen molar-refractivity contribution in [2.75, 3.05) is 6.61 Å². The maximum atomic E-state index is 6.41. The summed E-state index contributed by atoms with van der Waals surface area (Å²) in [7, 11) is 0. The van der Waals surface area contributed by atoms with E-state index in [1.807, 2.05) is 0 Å². The molecule has 15 heavy (non-hydrogen) atoms. The Labute approximate surface area is 95.4 Å². The maximum Gasteiger partial charge on any atom is 0.122 e. The highest BCUT2D eigenvalue weighted by atomic mass is 35.5. The number of fused-ring (bicyclic) bond motifs is 1. The Morgan fingerprint density at radius 1 is 1.33 bits per heavy atom. The number of hydrogen-bond donors (Lipinski definition) is 0. The number of hydrogen-bond acceptors (Lipinski definition) is 1. The molecule has 80 valence electrons.